The molecule has 1 N–H and O–H groups in total. The molecule has 1 aromatic carbocycles. The van der Waals surface area contributed by atoms with Crippen molar-refractivity contribution in [3.8, 4) is 0 Å². The first-order chi connectivity index (χ1) is 8.11. The lowest BCUT2D eigenvalue weighted by molar-refractivity contribution is -0.129. The lowest BCUT2D eigenvalue weighted by atomic mass is 10.2. The van der Waals surface area contributed by atoms with Crippen molar-refractivity contribution in [1.29, 1.82) is 0 Å². The van der Waals surface area contributed by atoms with Gasteiger partial charge < -0.3 is 9.94 Å². The van der Waals surface area contributed by atoms with E-state index in [0.29, 0.717) is 9.90 Å². The van der Waals surface area contributed by atoms with Gasteiger partial charge in [0.25, 0.3) is 0 Å². The summed E-state index contributed by atoms with van der Waals surface area (Å²) in [5.41, 5.74) is -0.107. The first-order valence-electron chi connectivity index (χ1n) is 4.65. The average Bonchev–Trinajstić information content (AvgIpc) is 2.67. The molecule has 6 heteroatoms. The van der Waals surface area contributed by atoms with Gasteiger partial charge in [0.1, 0.15) is 7.11 Å². The zero-order valence-corrected chi connectivity index (χ0v) is 10.4. The molecule has 0 saturated heterocycles. The van der Waals surface area contributed by atoms with Crippen LogP contribution in [0.5, 0.6) is 0 Å². The lowest BCUT2D eigenvalue weighted by Gasteiger charge is -1.94. The largest absolute Gasteiger partial charge is 0.476 e. The van der Waals surface area contributed by atoms with Crippen LogP contribution in [0.15, 0.2) is 29.4 Å². The number of hydrogen-bond donors (Lipinski definition) is 1. The smallest absolute Gasteiger partial charge is 0.359 e. The van der Waals surface area contributed by atoms with Gasteiger partial charge in [0.15, 0.2) is 0 Å². The van der Waals surface area contributed by atoms with Crippen molar-refractivity contribution < 1.29 is 14.7 Å². The molecule has 0 amide bonds. The van der Waals surface area contributed by atoms with Crippen LogP contribution in [0.4, 0.5) is 0 Å². The quantitative estimate of drug-likeness (QED) is 0.688. The monoisotopic (exact) mass is 269 g/mol. The Morgan fingerprint density at radius 1 is 1.47 bits per heavy atom. The zero-order chi connectivity index (χ0) is 12.4. The molecule has 17 heavy (non-hydrogen) atoms. The van der Waals surface area contributed by atoms with Crippen LogP contribution in [0.1, 0.15) is 4.88 Å². The van der Waals surface area contributed by atoms with Gasteiger partial charge in [-0.1, -0.05) is 22.8 Å². The number of carboxylic acids is 1. The van der Waals surface area contributed by atoms with E-state index >= 15 is 0 Å². The Balaban J connectivity index is 2.55. The van der Waals surface area contributed by atoms with E-state index in [-0.39, 0.29) is 5.71 Å². The number of oxime groups is 1. The molecular weight excluding hydrogens is 262 g/mol. The van der Waals surface area contributed by atoms with E-state index in [1.165, 1.54) is 18.4 Å². The highest BCUT2D eigenvalue weighted by Gasteiger charge is 2.16. The van der Waals surface area contributed by atoms with Crippen LogP contribution >= 0.6 is 22.9 Å². The van der Waals surface area contributed by atoms with Crippen molar-refractivity contribution in [2.24, 2.45) is 5.16 Å². The molecule has 0 unspecified atom stereocenters. The standard InChI is InChI=1S/C11H8ClNO3S/c1-16-13-10(11(14)15)9-4-6-2-3-7(12)5-8(6)17-9/h2-5H,1H3,(H,14,15)/b13-10+. The zero-order valence-electron chi connectivity index (χ0n) is 8.81. The van der Waals surface area contributed by atoms with Crippen molar-refractivity contribution in [2.45, 2.75) is 0 Å². The number of thiophene rings is 1. The highest BCUT2D eigenvalue weighted by molar-refractivity contribution is 7.21. The van der Waals surface area contributed by atoms with Crippen LogP contribution in [0.3, 0.4) is 0 Å². The Morgan fingerprint density at radius 2 is 2.24 bits per heavy atom. The van der Waals surface area contributed by atoms with Crippen LogP contribution in [0.25, 0.3) is 10.1 Å². The molecule has 2 aromatic rings. The summed E-state index contributed by atoms with van der Waals surface area (Å²) < 4.78 is 0.914. The molecule has 88 valence electrons. The fraction of sp³-hybridized carbons (Fsp3) is 0.0909. The number of hydrogen-bond acceptors (Lipinski definition) is 4. The maximum Gasteiger partial charge on any atom is 0.359 e. The summed E-state index contributed by atoms with van der Waals surface area (Å²) in [5, 5.41) is 14.1. The second-order valence-electron chi connectivity index (χ2n) is 3.22. The van der Waals surface area contributed by atoms with Crippen molar-refractivity contribution >= 4 is 44.7 Å². The minimum atomic E-state index is -1.12. The minimum absolute atomic E-state index is 0.107. The van der Waals surface area contributed by atoms with Gasteiger partial charge in [-0.3, -0.25) is 0 Å². The summed E-state index contributed by atoms with van der Waals surface area (Å²) >= 11 is 7.18. The van der Waals surface area contributed by atoms with E-state index in [9.17, 15) is 4.79 Å². The second-order valence-corrected chi connectivity index (χ2v) is 4.74. The highest BCUT2D eigenvalue weighted by Crippen LogP contribution is 2.28. The summed E-state index contributed by atoms with van der Waals surface area (Å²) in [7, 11) is 1.31. The predicted octanol–water partition coefficient (Wildman–Crippen LogP) is 2.99. The Labute approximate surface area is 106 Å². The molecule has 1 aromatic heterocycles. The average molecular weight is 270 g/mol. The number of nitrogens with zero attached hydrogens (tertiary/aromatic N) is 1. The Kier molecular flexibility index (Phi) is 3.31. The molecule has 0 bridgehead atoms. The summed E-state index contributed by atoms with van der Waals surface area (Å²) in [6.07, 6.45) is 0. The van der Waals surface area contributed by atoms with Gasteiger partial charge in [-0.25, -0.2) is 4.79 Å². The number of halogens is 1. The third-order valence-electron chi connectivity index (χ3n) is 2.10. The Hall–Kier alpha value is -1.59. The first kappa shape index (κ1) is 11.9. The normalized spacial score (nSPS) is 11.8. The third-order valence-corrected chi connectivity index (χ3v) is 3.44. The SMILES string of the molecule is CO/N=C(/C(=O)O)c1cc2ccc(Cl)cc2s1. The topological polar surface area (TPSA) is 58.9 Å². The lowest BCUT2D eigenvalue weighted by Crippen LogP contribution is -2.13. The van der Waals surface area contributed by atoms with Crippen molar-refractivity contribution in [1.82, 2.24) is 0 Å². The first-order valence-corrected chi connectivity index (χ1v) is 5.85. The van der Waals surface area contributed by atoms with E-state index in [2.05, 4.69) is 9.99 Å². The Morgan fingerprint density at radius 3 is 2.88 bits per heavy atom. The van der Waals surface area contributed by atoms with Crippen molar-refractivity contribution in [3.63, 3.8) is 0 Å². The van der Waals surface area contributed by atoms with Gasteiger partial charge in [-0.05, 0) is 23.6 Å². The molecule has 0 radical (unpaired) electrons. The molecule has 2 rings (SSSR count). The summed E-state index contributed by atoms with van der Waals surface area (Å²) in [5.74, 6) is -1.12. The van der Waals surface area contributed by atoms with Gasteiger partial charge in [0.2, 0.25) is 5.71 Å². The molecule has 0 aliphatic rings. The number of aliphatic carboxylic acids is 1. The van der Waals surface area contributed by atoms with Gasteiger partial charge in [-0.15, -0.1) is 11.3 Å². The molecule has 0 saturated carbocycles. The maximum absolute atomic E-state index is 11.0. The fourth-order valence-electron chi connectivity index (χ4n) is 1.40. The molecule has 0 aliphatic carbocycles. The van der Waals surface area contributed by atoms with Crippen molar-refractivity contribution in [3.05, 3.63) is 34.2 Å². The predicted molar refractivity (Wildman–Crippen MR) is 68.0 cm³/mol. The van der Waals surface area contributed by atoms with E-state index in [1.54, 1.807) is 18.2 Å². The molecule has 4 nitrogen and oxygen atoms in total. The third kappa shape index (κ3) is 2.40. The molecule has 1 heterocycles. The number of fused-ring (bicyclic) bond motifs is 1. The summed E-state index contributed by atoms with van der Waals surface area (Å²) in [4.78, 5) is 16.1. The van der Waals surface area contributed by atoms with E-state index < -0.39 is 5.97 Å². The van der Waals surface area contributed by atoms with Crippen LogP contribution < -0.4 is 0 Å². The molecule has 0 fully saturated rings. The van der Waals surface area contributed by atoms with Crippen LogP contribution in [0.2, 0.25) is 5.02 Å². The van der Waals surface area contributed by atoms with E-state index in [1.807, 2.05) is 6.07 Å². The summed E-state index contributed by atoms with van der Waals surface area (Å²) in [6.45, 7) is 0. The van der Waals surface area contributed by atoms with Gasteiger partial charge in [0.05, 0.1) is 4.88 Å². The number of carboxylic acid groups (broad SMARTS) is 1. The number of rotatable bonds is 3. The molecular formula is C11H8ClNO3S. The number of benzene rings is 1. The van der Waals surface area contributed by atoms with Crippen LogP contribution in [-0.4, -0.2) is 23.9 Å². The highest BCUT2D eigenvalue weighted by atomic mass is 35.5. The van der Waals surface area contributed by atoms with Crippen molar-refractivity contribution in [2.75, 3.05) is 7.11 Å². The molecule has 0 spiro atoms. The minimum Gasteiger partial charge on any atom is -0.476 e. The van der Waals surface area contributed by atoms with Gasteiger partial charge >= 0.3 is 5.97 Å². The second kappa shape index (κ2) is 4.73. The van der Waals surface area contributed by atoms with E-state index in [4.69, 9.17) is 16.7 Å². The summed E-state index contributed by atoms with van der Waals surface area (Å²) in [6, 6.07) is 7.14. The van der Waals surface area contributed by atoms with E-state index in [0.717, 1.165) is 10.1 Å². The van der Waals surface area contributed by atoms with Crippen LogP contribution in [0, 0.1) is 0 Å². The molecule has 0 atom stereocenters. The molecule has 0 aliphatic heterocycles. The Bertz CT molecular complexity index is 606. The van der Waals surface area contributed by atoms with Gasteiger partial charge in [-0.2, -0.15) is 0 Å². The van der Waals surface area contributed by atoms with Crippen LogP contribution in [-0.2, 0) is 9.63 Å². The fourth-order valence-corrected chi connectivity index (χ4v) is 2.71. The van der Waals surface area contributed by atoms with Gasteiger partial charge in [0, 0.05) is 9.72 Å². The number of carbonyl (C=O) groups is 1. The maximum atomic E-state index is 11.0.